The van der Waals surface area contributed by atoms with Crippen molar-refractivity contribution in [2.24, 2.45) is 0 Å². The zero-order chi connectivity index (χ0) is 14.5. The third kappa shape index (κ3) is 7.72. The highest BCUT2D eigenvalue weighted by molar-refractivity contribution is 5.26. The first-order valence-corrected chi connectivity index (χ1v) is 8.86. The molecule has 0 saturated heterocycles. The first kappa shape index (κ1) is 17.3. The normalized spacial score (nSPS) is 10.9. The van der Waals surface area contributed by atoms with E-state index >= 15 is 0 Å². The lowest BCUT2D eigenvalue weighted by Gasteiger charge is -2.09. The molecule has 0 unspecified atom stereocenters. The van der Waals surface area contributed by atoms with Crippen molar-refractivity contribution < 1.29 is 0 Å². The Kier molecular flexibility index (Phi) is 10.4. The molecule has 0 nitrogen and oxygen atoms in total. The summed E-state index contributed by atoms with van der Waals surface area (Å²) >= 11 is 0. The standard InChI is InChI=1S/C20H33/c1-3-5-7-9-11-15-19-17-13-14-18-20(19)16-12-10-8-6-4-2/h13,17-18H,3-12,15-16H2,1-2H3. The minimum atomic E-state index is 1.26. The molecule has 0 aliphatic rings. The highest BCUT2D eigenvalue weighted by Gasteiger charge is 2.02. The van der Waals surface area contributed by atoms with Crippen LogP contribution in [0.2, 0.25) is 0 Å². The number of aryl methyl sites for hydroxylation is 2. The number of benzene rings is 1. The van der Waals surface area contributed by atoms with Gasteiger partial charge in [0.2, 0.25) is 0 Å². The fourth-order valence-corrected chi connectivity index (χ4v) is 2.81. The van der Waals surface area contributed by atoms with Gasteiger partial charge in [-0.3, -0.25) is 0 Å². The highest BCUT2D eigenvalue weighted by atomic mass is 14.1. The number of hydrogen-bond acceptors (Lipinski definition) is 0. The Balaban J connectivity index is 2.27. The Bertz CT molecular complexity index is 294. The van der Waals surface area contributed by atoms with Gasteiger partial charge in [-0.1, -0.05) is 83.4 Å². The van der Waals surface area contributed by atoms with Gasteiger partial charge in [-0.25, -0.2) is 0 Å². The zero-order valence-corrected chi connectivity index (χ0v) is 13.7. The van der Waals surface area contributed by atoms with Crippen LogP contribution in [0.4, 0.5) is 0 Å². The van der Waals surface area contributed by atoms with Crippen molar-refractivity contribution in [2.45, 2.75) is 90.9 Å². The van der Waals surface area contributed by atoms with Crippen LogP contribution >= 0.6 is 0 Å². The lowest BCUT2D eigenvalue weighted by atomic mass is 9.96. The molecule has 0 aromatic heterocycles. The quantitative estimate of drug-likeness (QED) is 0.381. The molecule has 1 rings (SSSR count). The predicted octanol–water partition coefficient (Wildman–Crippen LogP) is 6.51. The van der Waals surface area contributed by atoms with E-state index in [1.54, 1.807) is 11.1 Å². The van der Waals surface area contributed by atoms with Gasteiger partial charge in [0.25, 0.3) is 0 Å². The van der Waals surface area contributed by atoms with Gasteiger partial charge in [0.15, 0.2) is 0 Å². The average Bonchev–Trinajstić information content (AvgIpc) is 2.48. The maximum absolute atomic E-state index is 3.26. The van der Waals surface area contributed by atoms with Crippen LogP contribution in [-0.4, -0.2) is 0 Å². The molecule has 1 aromatic carbocycles. The van der Waals surface area contributed by atoms with E-state index in [1.165, 1.54) is 77.0 Å². The van der Waals surface area contributed by atoms with Crippen LogP contribution in [0, 0.1) is 6.07 Å². The van der Waals surface area contributed by atoms with E-state index in [0.717, 1.165) is 0 Å². The van der Waals surface area contributed by atoms with E-state index in [2.05, 4.69) is 38.1 Å². The molecule has 1 radical (unpaired) electrons. The number of hydrogen-bond donors (Lipinski definition) is 0. The summed E-state index contributed by atoms with van der Waals surface area (Å²) in [4.78, 5) is 0. The van der Waals surface area contributed by atoms with Crippen molar-refractivity contribution in [1.82, 2.24) is 0 Å². The molecule has 1 aromatic rings. The summed E-state index contributed by atoms with van der Waals surface area (Å²) in [6.07, 6.45) is 16.3. The zero-order valence-electron chi connectivity index (χ0n) is 13.7. The SMILES string of the molecule is CCCCCCCc1c[c]ccc1CCCCCCC. The van der Waals surface area contributed by atoms with E-state index in [9.17, 15) is 0 Å². The van der Waals surface area contributed by atoms with Crippen molar-refractivity contribution >= 4 is 0 Å². The molecule has 0 fully saturated rings. The second kappa shape index (κ2) is 12.0. The minimum absolute atomic E-state index is 1.26. The maximum atomic E-state index is 3.26. The van der Waals surface area contributed by atoms with Crippen molar-refractivity contribution in [3.8, 4) is 0 Å². The van der Waals surface area contributed by atoms with E-state index in [4.69, 9.17) is 0 Å². The monoisotopic (exact) mass is 273 g/mol. The summed E-state index contributed by atoms with van der Waals surface area (Å²) in [5.74, 6) is 0. The molecule has 0 saturated carbocycles. The third-order valence-electron chi connectivity index (χ3n) is 4.15. The molecule has 113 valence electrons. The Hall–Kier alpha value is -0.780. The summed E-state index contributed by atoms with van der Waals surface area (Å²) in [5, 5.41) is 0. The van der Waals surface area contributed by atoms with Crippen LogP contribution in [0.25, 0.3) is 0 Å². The Morgan fingerprint density at radius 3 is 1.85 bits per heavy atom. The van der Waals surface area contributed by atoms with Crippen LogP contribution in [-0.2, 0) is 12.8 Å². The van der Waals surface area contributed by atoms with Crippen LogP contribution in [0.5, 0.6) is 0 Å². The largest absolute Gasteiger partial charge is 0.0654 e. The first-order chi connectivity index (χ1) is 9.88. The van der Waals surface area contributed by atoms with Gasteiger partial charge in [0.05, 0.1) is 0 Å². The Morgan fingerprint density at radius 1 is 0.700 bits per heavy atom. The van der Waals surface area contributed by atoms with Crippen LogP contribution < -0.4 is 0 Å². The number of unbranched alkanes of at least 4 members (excludes halogenated alkanes) is 8. The van der Waals surface area contributed by atoms with E-state index < -0.39 is 0 Å². The molecule has 0 amide bonds. The van der Waals surface area contributed by atoms with Gasteiger partial charge in [-0.15, -0.1) is 0 Å². The highest BCUT2D eigenvalue weighted by Crippen LogP contribution is 2.16. The molecule has 0 N–H and O–H groups in total. The van der Waals surface area contributed by atoms with Crippen LogP contribution in [0.15, 0.2) is 18.2 Å². The molecule has 0 aliphatic carbocycles. The van der Waals surface area contributed by atoms with Gasteiger partial charge in [0, 0.05) is 0 Å². The third-order valence-corrected chi connectivity index (χ3v) is 4.15. The maximum Gasteiger partial charge on any atom is -0.0181 e. The molecule has 0 bridgehead atoms. The van der Waals surface area contributed by atoms with Gasteiger partial charge < -0.3 is 0 Å². The van der Waals surface area contributed by atoms with Crippen molar-refractivity contribution in [2.75, 3.05) is 0 Å². The summed E-state index contributed by atoms with van der Waals surface area (Å²) in [6, 6.07) is 9.87. The Labute approximate surface area is 127 Å². The molecule has 0 spiro atoms. The van der Waals surface area contributed by atoms with Crippen molar-refractivity contribution in [3.05, 3.63) is 35.4 Å². The fourth-order valence-electron chi connectivity index (χ4n) is 2.81. The summed E-state index contributed by atoms with van der Waals surface area (Å²) < 4.78 is 0. The topological polar surface area (TPSA) is 0 Å². The van der Waals surface area contributed by atoms with E-state index in [0.29, 0.717) is 0 Å². The van der Waals surface area contributed by atoms with Crippen LogP contribution in [0.3, 0.4) is 0 Å². The Morgan fingerprint density at radius 2 is 1.25 bits per heavy atom. The van der Waals surface area contributed by atoms with Gasteiger partial charge in [-0.05, 0) is 42.9 Å². The molecule has 0 heterocycles. The van der Waals surface area contributed by atoms with Crippen LogP contribution in [0.1, 0.15) is 89.2 Å². The van der Waals surface area contributed by atoms with Crippen molar-refractivity contribution in [3.63, 3.8) is 0 Å². The van der Waals surface area contributed by atoms with Gasteiger partial charge in [-0.2, -0.15) is 0 Å². The fraction of sp³-hybridized carbons (Fsp3) is 0.700. The minimum Gasteiger partial charge on any atom is -0.0654 e. The first-order valence-electron chi connectivity index (χ1n) is 8.86. The van der Waals surface area contributed by atoms with E-state index in [1.807, 2.05) is 0 Å². The summed E-state index contributed by atoms with van der Waals surface area (Å²) in [5.41, 5.74) is 3.13. The summed E-state index contributed by atoms with van der Waals surface area (Å²) in [7, 11) is 0. The molecular formula is C20H33. The molecular weight excluding hydrogens is 240 g/mol. The van der Waals surface area contributed by atoms with Crippen molar-refractivity contribution in [1.29, 1.82) is 0 Å². The molecule has 0 aliphatic heterocycles. The predicted molar refractivity (Wildman–Crippen MR) is 90.2 cm³/mol. The second-order valence-corrected chi connectivity index (χ2v) is 6.02. The van der Waals surface area contributed by atoms with Gasteiger partial charge in [0.1, 0.15) is 0 Å². The van der Waals surface area contributed by atoms with Gasteiger partial charge >= 0.3 is 0 Å². The lowest BCUT2D eigenvalue weighted by molar-refractivity contribution is 0.621. The molecule has 0 atom stereocenters. The number of rotatable bonds is 12. The molecule has 20 heavy (non-hydrogen) atoms. The average molecular weight is 273 g/mol. The smallest absolute Gasteiger partial charge is 0.0181 e. The van der Waals surface area contributed by atoms with E-state index in [-0.39, 0.29) is 0 Å². The summed E-state index contributed by atoms with van der Waals surface area (Å²) in [6.45, 7) is 4.56. The molecule has 0 heteroatoms. The second-order valence-electron chi connectivity index (χ2n) is 6.02. The lowest BCUT2D eigenvalue weighted by Crippen LogP contribution is -1.95.